The summed E-state index contributed by atoms with van der Waals surface area (Å²) < 4.78 is 10.6. The van der Waals surface area contributed by atoms with Gasteiger partial charge in [-0.3, -0.25) is 0 Å². The van der Waals surface area contributed by atoms with Crippen molar-refractivity contribution in [2.75, 3.05) is 13.7 Å². The van der Waals surface area contributed by atoms with E-state index in [0.29, 0.717) is 0 Å². The molecule has 0 aromatic carbocycles. The second-order valence-corrected chi connectivity index (χ2v) is 4.61. The van der Waals surface area contributed by atoms with Crippen molar-refractivity contribution in [2.24, 2.45) is 0 Å². The molecule has 1 unspecified atom stereocenters. The highest BCUT2D eigenvalue weighted by Crippen LogP contribution is 2.45. The molecule has 0 radical (unpaired) electrons. The third kappa shape index (κ3) is 2.07. The summed E-state index contributed by atoms with van der Waals surface area (Å²) in [5.41, 5.74) is 0.677. The number of esters is 1. The first-order valence-corrected chi connectivity index (χ1v) is 6.09. The molecule has 4 nitrogen and oxygen atoms in total. The molecule has 0 amide bonds. The Kier molecular flexibility index (Phi) is 3.49. The van der Waals surface area contributed by atoms with Crippen molar-refractivity contribution in [3.8, 4) is 6.07 Å². The molecule has 1 aliphatic carbocycles. The summed E-state index contributed by atoms with van der Waals surface area (Å²) >= 11 is 0. The van der Waals surface area contributed by atoms with Gasteiger partial charge < -0.3 is 9.47 Å². The third-order valence-corrected chi connectivity index (χ3v) is 3.71. The van der Waals surface area contributed by atoms with E-state index in [1.165, 1.54) is 7.11 Å². The van der Waals surface area contributed by atoms with Crippen LogP contribution < -0.4 is 0 Å². The van der Waals surface area contributed by atoms with E-state index < -0.39 is 5.97 Å². The van der Waals surface area contributed by atoms with Gasteiger partial charge in [-0.1, -0.05) is 0 Å². The lowest BCUT2D eigenvalue weighted by Gasteiger charge is -2.35. The first-order chi connectivity index (χ1) is 8.23. The number of nitrogens with zero attached hydrogens (tertiary/aromatic N) is 1. The van der Waals surface area contributed by atoms with Crippen LogP contribution in [0.4, 0.5) is 0 Å². The molecule has 1 spiro atoms. The molecular formula is C13H17NO3. The monoisotopic (exact) mass is 235 g/mol. The van der Waals surface area contributed by atoms with Crippen molar-refractivity contribution in [1.82, 2.24) is 0 Å². The Morgan fingerprint density at radius 1 is 1.41 bits per heavy atom. The summed E-state index contributed by atoms with van der Waals surface area (Å²) in [5.74, 6) is -0.530. The minimum atomic E-state index is -0.530. The van der Waals surface area contributed by atoms with Gasteiger partial charge in [-0.2, -0.15) is 5.26 Å². The van der Waals surface area contributed by atoms with Crippen molar-refractivity contribution in [3.05, 3.63) is 11.1 Å². The van der Waals surface area contributed by atoms with Gasteiger partial charge in [0.05, 0.1) is 12.7 Å². The molecule has 1 saturated heterocycles. The van der Waals surface area contributed by atoms with Crippen molar-refractivity contribution >= 4 is 5.97 Å². The van der Waals surface area contributed by atoms with Crippen LogP contribution in [0.15, 0.2) is 11.1 Å². The van der Waals surface area contributed by atoms with Gasteiger partial charge in [0.2, 0.25) is 0 Å². The van der Waals surface area contributed by atoms with E-state index >= 15 is 0 Å². The zero-order valence-electron chi connectivity index (χ0n) is 10.1. The van der Waals surface area contributed by atoms with Gasteiger partial charge in [0.15, 0.2) is 0 Å². The normalized spacial score (nSPS) is 31.1. The minimum absolute atomic E-state index is 0.159. The van der Waals surface area contributed by atoms with E-state index in [-0.39, 0.29) is 11.2 Å². The first-order valence-electron chi connectivity index (χ1n) is 6.09. The molecule has 1 saturated carbocycles. The second-order valence-electron chi connectivity index (χ2n) is 4.61. The number of hydrogen-bond donors (Lipinski definition) is 0. The molecule has 0 aromatic heterocycles. The number of carbonyl (C=O) groups is 1. The number of nitriles is 1. The summed E-state index contributed by atoms with van der Waals surface area (Å²) in [6.45, 7) is 0.726. The average Bonchev–Trinajstić information content (AvgIpc) is 2.74. The Hall–Kier alpha value is -1.34. The molecule has 0 aromatic rings. The molecule has 1 aliphatic heterocycles. The van der Waals surface area contributed by atoms with Crippen LogP contribution in [0, 0.1) is 11.3 Å². The van der Waals surface area contributed by atoms with Gasteiger partial charge in [-0.15, -0.1) is 0 Å². The SMILES string of the molecule is COC(=O)C(C#N)=C1CCCC12CCCCO2. The summed E-state index contributed by atoms with van der Waals surface area (Å²) in [6.07, 6.45) is 5.77. The minimum Gasteiger partial charge on any atom is -0.465 e. The number of methoxy groups -OCH3 is 1. The van der Waals surface area contributed by atoms with Crippen LogP contribution in [0.3, 0.4) is 0 Å². The van der Waals surface area contributed by atoms with Crippen LogP contribution in [-0.4, -0.2) is 25.3 Å². The van der Waals surface area contributed by atoms with E-state index in [0.717, 1.165) is 50.7 Å². The third-order valence-electron chi connectivity index (χ3n) is 3.71. The lowest BCUT2D eigenvalue weighted by Crippen LogP contribution is -2.36. The maximum absolute atomic E-state index is 11.6. The highest BCUT2D eigenvalue weighted by Gasteiger charge is 2.43. The number of carbonyl (C=O) groups excluding carboxylic acids is 1. The van der Waals surface area contributed by atoms with Gasteiger partial charge in [-0.25, -0.2) is 4.79 Å². The fraction of sp³-hybridized carbons (Fsp3) is 0.692. The fourth-order valence-electron chi connectivity index (χ4n) is 2.91. The summed E-state index contributed by atoms with van der Waals surface area (Å²) in [6, 6.07) is 1.99. The van der Waals surface area contributed by atoms with Crippen molar-refractivity contribution in [2.45, 2.75) is 44.1 Å². The largest absolute Gasteiger partial charge is 0.465 e. The molecule has 2 rings (SSSR count). The smallest absolute Gasteiger partial charge is 0.348 e. The van der Waals surface area contributed by atoms with Crippen LogP contribution in [0.1, 0.15) is 38.5 Å². The molecule has 0 bridgehead atoms. The average molecular weight is 235 g/mol. The van der Waals surface area contributed by atoms with Crippen LogP contribution in [0.2, 0.25) is 0 Å². The zero-order valence-corrected chi connectivity index (χ0v) is 10.1. The fourth-order valence-corrected chi connectivity index (χ4v) is 2.91. The zero-order chi connectivity index (χ0) is 12.3. The molecule has 1 atom stereocenters. The molecule has 4 heteroatoms. The van der Waals surface area contributed by atoms with E-state index in [9.17, 15) is 4.79 Å². The number of ether oxygens (including phenoxy) is 2. The molecular weight excluding hydrogens is 218 g/mol. The second kappa shape index (κ2) is 4.89. The van der Waals surface area contributed by atoms with Gasteiger partial charge in [0, 0.05) is 6.61 Å². The van der Waals surface area contributed by atoms with Crippen LogP contribution in [-0.2, 0) is 14.3 Å². The van der Waals surface area contributed by atoms with Crippen LogP contribution in [0.25, 0.3) is 0 Å². The maximum Gasteiger partial charge on any atom is 0.348 e. The number of hydrogen-bond acceptors (Lipinski definition) is 4. The van der Waals surface area contributed by atoms with Gasteiger partial charge in [-0.05, 0) is 44.1 Å². The summed E-state index contributed by atoms with van der Waals surface area (Å²) in [4.78, 5) is 11.6. The van der Waals surface area contributed by atoms with Crippen molar-refractivity contribution < 1.29 is 14.3 Å². The first kappa shape index (κ1) is 12.1. The molecule has 17 heavy (non-hydrogen) atoms. The molecule has 92 valence electrons. The quantitative estimate of drug-likeness (QED) is 0.397. The molecule has 0 N–H and O–H groups in total. The predicted octanol–water partition coefficient (Wildman–Crippen LogP) is 2.10. The lowest BCUT2D eigenvalue weighted by molar-refractivity contribution is -0.136. The summed E-state index contributed by atoms with van der Waals surface area (Å²) in [5, 5.41) is 9.14. The predicted molar refractivity (Wildman–Crippen MR) is 61.0 cm³/mol. The van der Waals surface area contributed by atoms with E-state index in [1.807, 2.05) is 6.07 Å². The van der Waals surface area contributed by atoms with Crippen LogP contribution >= 0.6 is 0 Å². The van der Waals surface area contributed by atoms with E-state index in [1.54, 1.807) is 0 Å². The lowest BCUT2D eigenvalue weighted by atomic mass is 9.86. The Balaban J connectivity index is 2.38. The standard InChI is InChI=1S/C13H17NO3/c1-16-12(15)10(9-14)11-5-4-7-13(11)6-2-3-8-17-13/h2-8H2,1H3. The highest BCUT2D eigenvalue weighted by molar-refractivity contribution is 5.94. The molecule has 2 aliphatic rings. The topological polar surface area (TPSA) is 59.3 Å². The van der Waals surface area contributed by atoms with Gasteiger partial charge in [0.25, 0.3) is 0 Å². The van der Waals surface area contributed by atoms with Crippen molar-refractivity contribution in [1.29, 1.82) is 5.26 Å². The van der Waals surface area contributed by atoms with Crippen molar-refractivity contribution in [3.63, 3.8) is 0 Å². The Bertz CT molecular complexity index is 386. The Morgan fingerprint density at radius 3 is 2.76 bits per heavy atom. The molecule has 2 fully saturated rings. The van der Waals surface area contributed by atoms with E-state index in [4.69, 9.17) is 10.00 Å². The summed E-state index contributed by atoms with van der Waals surface area (Å²) in [7, 11) is 1.31. The molecule has 1 heterocycles. The number of rotatable bonds is 1. The highest BCUT2D eigenvalue weighted by atomic mass is 16.5. The van der Waals surface area contributed by atoms with Gasteiger partial charge in [0.1, 0.15) is 11.6 Å². The Labute approximate surface area is 101 Å². The van der Waals surface area contributed by atoms with Crippen LogP contribution in [0.5, 0.6) is 0 Å². The van der Waals surface area contributed by atoms with Gasteiger partial charge >= 0.3 is 5.97 Å². The Morgan fingerprint density at radius 2 is 2.18 bits per heavy atom. The van der Waals surface area contributed by atoms with E-state index in [2.05, 4.69) is 4.74 Å². The maximum atomic E-state index is 11.6.